The highest BCUT2D eigenvalue weighted by Crippen LogP contribution is 2.19. The molecule has 2 rings (SSSR count). The molecular weight excluding hydrogens is 284 g/mol. The van der Waals surface area contributed by atoms with Gasteiger partial charge in [0.15, 0.2) is 0 Å². The van der Waals surface area contributed by atoms with Gasteiger partial charge in [0.25, 0.3) is 5.91 Å². The van der Waals surface area contributed by atoms with Crippen LogP contribution in [0.4, 0.5) is 0 Å². The van der Waals surface area contributed by atoms with Crippen molar-refractivity contribution in [2.24, 2.45) is 0 Å². The molecule has 0 spiro atoms. The van der Waals surface area contributed by atoms with Crippen molar-refractivity contribution in [3.05, 3.63) is 29.8 Å². The zero-order valence-electron chi connectivity index (χ0n) is 12.6. The Morgan fingerprint density at radius 3 is 2.90 bits per heavy atom. The molecule has 1 aromatic rings. The van der Waals surface area contributed by atoms with Crippen molar-refractivity contribution in [1.29, 1.82) is 0 Å². The van der Waals surface area contributed by atoms with Crippen LogP contribution in [-0.2, 0) is 4.74 Å². The first kappa shape index (κ1) is 16.3. The lowest BCUT2D eigenvalue weighted by molar-refractivity contribution is 0.0317. The molecule has 116 valence electrons. The molecule has 0 unspecified atom stereocenters. The standard InChI is InChI=1S/C16H24N2O2S/c1-21-15-6-3-2-5-14(15)16(19)18-9-4-12-20-13-7-10-17-11-8-13/h2-3,5-6,13,17H,4,7-12H2,1H3,(H,18,19). The molecule has 0 radical (unpaired) electrons. The van der Waals surface area contributed by atoms with Gasteiger partial charge in [-0.3, -0.25) is 4.79 Å². The van der Waals surface area contributed by atoms with Gasteiger partial charge in [0, 0.05) is 18.0 Å². The maximum Gasteiger partial charge on any atom is 0.252 e. The normalized spacial score (nSPS) is 15.9. The summed E-state index contributed by atoms with van der Waals surface area (Å²) in [5.74, 6) is 0.00168. The average Bonchev–Trinajstić information content (AvgIpc) is 2.55. The number of rotatable bonds is 7. The minimum absolute atomic E-state index is 0.00168. The SMILES string of the molecule is CSc1ccccc1C(=O)NCCCOC1CCNCC1. The average molecular weight is 308 g/mol. The molecule has 0 atom stereocenters. The van der Waals surface area contributed by atoms with Crippen molar-refractivity contribution < 1.29 is 9.53 Å². The summed E-state index contributed by atoms with van der Waals surface area (Å²) in [6.07, 6.45) is 5.41. The van der Waals surface area contributed by atoms with Gasteiger partial charge in [-0.2, -0.15) is 0 Å². The van der Waals surface area contributed by atoms with Crippen LogP contribution in [0.1, 0.15) is 29.6 Å². The van der Waals surface area contributed by atoms with E-state index in [0.29, 0.717) is 12.6 Å². The molecule has 2 N–H and O–H groups in total. The summed E-state index contributed by atoms with van der Waals surface area (Å²) in [6, 6.07) is 7.69. The van der Waals surface area contributed by atoms with E-state index in [9.17, 15) is 4.79 Å². The van der Waals surface area contributed by atoms with Gasteiger partial charge >= 0.3 is 0 Å². The first-order valence-electron chi connectivity index (χ1n) is 7.55. The summed E-state index contributed by atoms with van der Waals surface area (Å²) in [5.41, 5.74) is 0.754. The number of piperidine rings is 1. The van der Waals surface area contributed by atoms with Crippen LogP contribution in [0, 0.1) is 0 Å². The molecule has 1 fully saturated rings. The monoisotopic (exact) mass is 308 g/mol. The number of ether oxygens (including phenoxy) is 1. The largest absolute Gasteiger partial charge is 0.378 e. The van der Waals surface area contributed by atoms with Gasteiger partial charge in [-0.1, -0.05) is 12.1 Å². The van der Waals surface area contributed by atoms with Crippen molar-refractivity contribution in [2.75, 3.05) is 32.5 Å². The van der Waals surface area contributed by atoms with Crippen molar-refractivity contribution in [3.63, 3.8) is 0 Å². The van der Waals surface area contributed by atoms with E-state index >= 15 is 0 Å². The van der Waals surface area contributed by atoms with Gasteiger partial charge < -0.3 is 15.4 Å². The van der Waals surface area contributed by atoms with Gasteiger partial charge in [0.2, 0.25) is 0 Å². The van der Waals surface area contributed by atoms with Crippen molar-refractivity contribution in [2.45, 2.75) is 30.3 Å². The summed E-state index contributed by atoms with van der Waals surface area (Å²) in [5, 5.41) is 6.29. The van der Waals surface area contributed by atoms with Crippen LogP contribution in [0.5, 0.6) is 0 Å². The zero-order valence-corrected chi connectivity index (χ0v) is 13.4. The number of benzene rings is 1. The minimum Gasteiger partial charge on any atom is -0.378 e. The summed E-state index contributed by atoms with van der Waals surface area (Å²) >= 11 is 1.59. The lowest BCUT2D eigenvalue weighted by Crippen LogP contribution is -2.33. The second-order valence-corrected chi connectivity index (χ2v) is 5.98. The van der Waals surface area contributed by atoms with Crippen LogP contribution >= 0.6 is 11.8 Å². The van der Waals surface area contributed by atoms with Gasteiger partial charge in [-0.05, 0) is 50.7 Å². The van der Waals surface area contributed by atoms with Crippen LogP contribution < -0.4 is 10.6 Å². The van der Waals surface area contributed by atoms with E-state index < -0.39 is 0 Å². The molecular formula is C16H24N2O2S. The number of carbonyl (C=O) groups is 1. The molecule has 1 heterocycles. The predicted molar refractivity (Wildman–Crippen MR) is 87.0 cm³/mol. The fourth-order valence-corrected chi connectivity index (χ4v) is 3.01. The molecule has 1 aromatic carbocycles. The van der Waals surface area contributed by atoms with Gasteiger partial charge in [0.05, 0.1) is 11.7 Å². The fourth-order valence-electron chi connectivity index (χ4n) is 2.41. The highest BCUT2D eigenvalue weighted by molar-refractivity contribution is 7.98. The number of nitrogens with one attached hydrogen (secondary N) is 2. The lowest BCUT2D eigenvalue weighted by atomic mass is 10.1. The number of amides is 1. The van der Waals surface area contributed by atoms with Crippen LogP contribution in [0.25, 0.3) is 0 Å². The molecule has 0 bridgehead atoms. The Hall–Kier alpha value is -1.04. The van der Waals surface area contributed by atoms with E-state index in [0.717, 1.165) is 49.4 Å². The van der Waals surface area contributed by atoms with E-state index in [1.807, 2.05) is 30.5 Å². The molecule has 1 amide bonds. The molecule has 1 aliphatic heterocycles. The van der Waals surface area contributed by atoms with E-state index in [1.54, 1.807) is 11.8 Å². The smallest absolute Gasteiger partial charge is 0.252 e. The number of hydrogen-bond acceptors (Lipinski definition) is 4. The Labute approximate surface area is 131 Å². The lowest BCUT2D eigenvalue weighted by Gasteiger charge is -2.22. The van der Waals surface area contributed by atoms with E-state index in [2.05, 4.69) is 10.6 Å². The fraction of sp³-hybridized carbons (Fsp3) is 0.562. The second-order valence-electron chi connectivity index (χ2n) is 5.13. The third-order valence-electron chi connectivity index (χ3n) is 3.60. The van der Waals surface area contributed by atoms with Crippen LogP contribution in [0.2, 0.25) is 0 Å². The van der Waals surface area contributed by atoms with E-state index in [-0.39, 0.29) is 5.91 Å². The zero-order chi connectivity index (χ0) is 14.9. The molecule has 0 aliphatic carbocycles. The summed E-state index contributed by atoms with van der Waals surface area (Å²) in [6.45, 7) is 3.47. The van der Waals surface area contributed by atoms with Crippen LogP contribution in [-0.4, -0.2) is 44.5 Å². The molecule has 1 saturated heterocycles. The highest BCUT2D eigenvalue weighted by Gasteiger charge is 2.13. The maximum absolute atomic E-state index is 12.1. The molecule has 21 heavy (non-hydrogen) atoms. The number of carbonyl (C=O) groups excluding carboxylic acids is 1. The molecule has 4 nitrogen and oxygen atoms in total. The van der Waals surface area contributed by atoms with Gasteiger partial charge in [-0.25, -0.2) is 0 Å². The van der Waals surface area contributed by atoms with Crippen LogP contribution in [0.3, 0.4) is 0 Å². The summed E-state index contributed by atoms with van der Waals surface area (Å²) in [4.78, 5) is 13.1. The Morgan fingerprint density at radius 2 is 2.14 bits per heavy atom. The third kappa shape index (κ3) is 5.34. The highest BCUT2D eigenvalue weighted by atomic mass is 32.2. The first-order chi connectivity index (χ1) is 10.3. The number of thioether (sulfide) groups is 1. The van der Waals surface area contributed by atoms with Gasteiger partial charge in [-0.15, -0.1) is 11.8 Å². The Bertz CT molecular complexity index is 448. The maximum atomic E-state index is 12.1. The topological polar surface area (TPSA) is 50.4 Å². The first-order valence-corrected chi connectivity index (χ1v) is 8.77. The van der Waals surface area contributed by atoms with E-state index in [4.69, 9.17) is 4.74 Å². The Kier molecular flexibility index (Phi) is 7.06. The Morgan fingerprint density at radius 1 is 1.38 bits per heavy atom. The Balaban J connectivity index is 1.65. The summed E-state index contributed by atoms with van der Waals surface area (Å²) < 4.78 is 5.82. The van der Waals surface area contributed by atoms with E-state index in [1.165, 1.54) is 0 Å². The van der Waals surface area contributed by atoms with Gasteiger partial charge in [0.1, 0.15) is 0 Å². The van der Waals surface area contributed by atoms with Crippen molar-refractivity contribution >= 4 is 17.7 Å². The van der Waals surface area contributed by atoms with Crippen molar-refractivity contribution in [3.8, 4) is 0 Å². The predicted octanol–water partition coefficient (Wildman–Crippen LogP) is 2.30. The molecule has 1 aliphatic rings. The molecule has 0 aromatic heterocycles. The van der Waals surface area contributed by atoms with Crippen molar-refractivity contribution in [1.82, 2.24) is 10.6 Å². The molecule has 5 heteroatoms. The van der Waals surface area contributed by atoms with Crippen LogP contribution in [0.15, 0.2) is 29.2 Å². The second kappa shape index (κ2) is 9.07. The quantitative estimate of drug-likeness (QED) is 0.599. The molecule has 0 saturated carbocycles. The third-order valence-corrected chi connectivity index (χ3v) is 4.39. The minimum atomic E-state index is 0.00168. The summed E-state index contributed by atoms with van der Waals surface area (Å²) in [7, 11) is 0. The number of hydrogen-bond donors (Lipinski definition) is 2.